The van der Waals surface area contributed by atoms with E-state index in [1.54, 1.807) is 41.5 Å². The standard InChI is InChI=1S/C20H25BrFNO4/c1-11(24)10-20(7)12-8-13(21)14(22)9-15(12)23(19(5,6)16(20)25)17(26)27-18(2,3)4/h8-9H,10H2,1-7H3. The van der Waals surface area contributed by atoms with Crippen LogP contribution in [-0.2, 0) is 19.7 Å². The van der Waals surface area contributed by atoms with Crippen LogP contribution in [0.2, 0.25) is 0 Å². The Morgan fingerprint density at radius 2 is 1.78 bits per heavy atom. The number of rotatable bonds is 2. The Balaban J connectivity index is 2.79. The third-order valence-electron chi connectivity index (χ3n) is 4.67. The molecule has 0 radical (unpaired) electrons. The highest BCUT2D eigenvalue weighted by atomic mass is 79.9. The Morgan fingerprint density at radius 1 is 1.22 bits per heavy atom. The van der Waals surface area contributed by atoms with Gasteiger partial charge in [0, 0.05) is 6.42 Å². The van der Waals surface area contributed by atoms with Gasteiger partial charge in [0.1, 0.15) is 22.7 Å². The van der Waals surface area contributed by atoms with E-state index in [4.69, 9.17) is 4.74 Å². The maximum atomic E-state index is 14.4. The van der Waals surface area contributed by atoms with Crippen LogP contribution in [-0.4, -0.2) is 28.8 Å². The summed E-state index contributed by atoms with van der Waals surface area (Å²) < 4.78 is 20.0. The van der Waals surface area contributed by atoms with Crippen LogP contribution in [0.1, 0.15) is 60.5 Å². The number of Topliss-reactive ketones (excluding diaryl/α,β-unsaturated/α-hetero) is 2. The van der Waals surface area contributed by atoms with E-state index in [2.05, 4.69) is 15.9 Å². The summed E-state index contributed by atoms with van der Waals surface area (Å²) in [5, 5.41) is 0. The molecule has 0 aromatic heterocycles. The van der Waals surface area contributed by atoms with Crippen LogP contribution in [0.25, 0.3) is 0 Å². The molecule has 0 aliphatic carbocycles. The second-order valence-electron chi connectivity index (χ2n) is 8.70. The summed E-state index contributed by atoms with van der Waals surface area (Å²) in [6.45, 7) is 11.4. The molecule has 1 atom stereocenters. The summed E-state index contributed by atoms with van der Waals surface area (Å²) >= 11 is 3.14. The van der Waals surface area contributed by atoms with E-state index < -0.39 is 28.5 Å². The number of amides is 1. The van der Waals surface area contributed by atoms with Crippen molar-refractivity contribution in [2.24, 2.45) is 0 Å². The first-order valence-corrected chi connectivity index (χ1v) is 9.47. The molecule has 0 N–H and O–H groups in total. The number of hydrogen-bond acceptors (Lipinski definition) is 4. The zero-order valence-corrected chi connectivity index (χ0v) is 18.3. The summed E-state index contributed by atoms with van der Waals surface area (Å²) in [7, 11) is 0. The molecule has 0 spiro atoms. The van der Waals surface area contributed by atoms with Gasteiger partial charge in [-0.05, 0) is 82.1 Å². The van der Waals surface area contributed by atoms with Crippen molar-refractivity contribution >= 4 is 39.3 Å². The van der Waals surface area contributed by atoms with Crippen LogP contribution < -0.4 is 4.90 Å². The van der Waals surface area contributed by atoms with Gasteiger partial charge in [0.05, 0.1) is 15.6 Å². The number of fused-ring (bicyclic) bond motifs is 1. The number of benzene rings is 1. The molecule has 148 valence electrons. The minimum atomic E-state index is -1.32. The number of carbonyl (C=O) groups is 3. The Kier molecular flexibility index (Phi) is 5.34. The summed E-state index contributed by atoms with van der Waals surface area (Å²) in [4.78, 5) is 39.4. The average molecular weight is 442 g/mol. The van der Waals surface area contributed by atoms with Crippen molar-refractivity contribution in [2.45, 2.75) is 71.4 Å². The highest BCUT2D eigenvalue weighted by Gasteiger charge is 2.55. The number of nitrogens with zero attached hydrogens (tertiary/aromatic N) is 1. The van der Waals surface area contributed by atoms with Crippen molar-refractivity contribution in [1.82, 2.24) is 0 Å². The molecular formula is C20H25BrFNO4. The van der Waals surface area contributed by atoms with Crippen molar-refractivity contribution in [3.05, 3.63) is 28.0 Å². The van der Waals surface area contributed by atoms with Gasteiger partial charge in [-0.25, -0.2) is 9.18 Å². The summed E-state index contributed by atoms with van der Waals surface area (Å²) in [6.07, 6.45) is -0.781. The van der Waals surface area contributed by atoms with E-state index in [1.165, 1.54) is 24.0 Å². The zero-order chi connectivity index (χ0) is 20.9. The van der Waals surface area contributed by atoms with Gasteiger partial charge in [0.25, 0.3) is 0 Å². The van der Waals surface area contributed by atoms with Gasteiger partial charge in [-0.15, -0.1) is 0 Å². The van der Waals surface area contributed by atoms with Gasteiger partial charge in [-0.1, -0.05) is 0 Å². The fraction of sp³-hybridized carbons (Fsp3) is 0.550. The molecule has 0 saturated carbocycles. The molecule has 27 heavy (non-hydrogen) atoms. The van der Waals surface area contributed by atoms with Gasteiger partial charge in [0.15, 0.2) is 5.78 Å². The molecule has 1 amide bonds. The Hall–Kier alpha value is -1.76. The first kappa shape index (κ1) is 21.5. The average Bonchev–Trinajstić information content (AvgIpc) is 2.45. The third-order valence-corrected chi connectivity index (χ3v) is 5.28. The number of ether oxygens (including phenoxy) is 1. The first-order chi connectivity index (χ1) is 12.1. The maximum Gasteiger partial charge on any atom is 0.415 e. The predicted molar refractivity (Wildman–Crippen MR) is 105 cm³/mol. The lowest BCUT2D eigenvalue weighted by molar-refractivity contribution is -0.132. The van der Waals surface area contributed by atoms with Crippen LogP contribution in [0.3, 0.4) is 0 Å². The zero-order valence-electron chi connectivity index (χ0n) is 16.7. The molecule has 7 heteroatoms. The topological polar surface area (TPSA) is 63.7 Å². The minimum Gasteiger partial charge on any atom is -0.443 e. The third kappa shape index (κ3) is 3.79. The number of ketones is 2. The van der Waals surface area contributed by atoms with E-state index >= 15 is 0 Å². The number of hydrogen-bond donors (Lipinski definition) is 0. The molecule has 1 heterocycles. The van der Waals surface area contributed by atoms with Crippen LogP contribution in [0.4, 0.5) is 14.9 Å². The van der Waals surface area contributed by atoms with Gasteiger partial charge < -0.3 is 4.74 Å². The maximum absolute atomic E-state index is 14.4. The Labute approximate surface area is 167 Å². The monoisotopic (exact) mass is 441 g/mol. The van der Waals surface area contributed by atoms with Crippen molar-refractivity contribution in [2.75, 3.05) is 4.90 Å². The van der Waals surface area contributed by atoms with E-state index in [-0.39, 0.29) is 28.1 Å². The summed E-state index contributed by atoms with van der Waals surface area (Å²) in [5.74, 6) is -1.04. The van der Waals surface area contributed by atoms with Crippen molar-refractivity contribution < 1.29 is 23.5 Å². The second-order valence-corrected chi connectivity index (χ2v) is 9.55. The molecule has 1 aromatic carbocycles. The fourth-order valence-corrected chi connectivity index (χ4v) is 4.01. The highest BCUT2D eigenvalue weighted by molar-refractivity contribution is 9.10. The molecule has 0 fully saturated rings. The van der Waals surface area contributed by atoms with Crippen LogP contribution >= 0.6 is 15.9 Å². The molecule has 1 unspecified atom stereocenters. The van der Waals surface area contributed by atoms with E-state index in [1.807, 2.05) is 0 Å². The number of halogens is 2. The van der Waals surface area contributed by atoms with E-state index in [0.29, 0.717) is 5.56 Å². The normalized spacial score (nSPS) is 21.7. The molecule has 0 bridgehead atoms. The van der Waals surface area contributed by atoms with Gasteiger partial charge in [-0.3, -0.25) is 14.5 Å². The number of carbonyl (C=O) groups excluding carboxylic acids is 3. The molecule has 5 nitrogen and oxygen atoms in total. The van der Waals surface area contributed by atoms with Gasteiger partial charge in [0.2, 0.25) is 0 Å². The van der Waals surface area contributed by atoms with Crippen LogP contribution in [0.15, 0.2) is 16.6 Å². The lowest BCUT2D eigenvalue weighted by Gasteiger charge is -2.49. The summed E-state index contributed by atoms with van der Waals surface area (Å²) in [6, 6.07) is 2.67. The molecule has 0 saturated heterocycles. The molecule has 2 rings (SSSR count). The van der Waals surface area contributed by atoms with Crippen molar-refractivity contribution in [3.8, 4) is 0 Å². The van der Waals surface area contributed by atoms with Crippen molar-refractivity contribution in [1.29, 1.82) is 0 Å². The SMILES string of the molecule is CC(=O)CC1(C)C(=O)C(C)(C)N(C(=O)OC(C)(C)C)c2cc(F)c(Br)cc21. The lowest BCUT2D eigenvalue weighted by Crippen LogP contribution is -2.63. The fourth-order valence-electron chi connectivity index (χ4n) is 3.67. The van der Waals surface area contributed by atoms with Gasteiger partial charge >= 0.3 is 6.09 Å². The molecular weight excluding hydrogens is 417 g/mol. The largest absolute Gasteiger partial charge is 0.443 e. The smallest absolute Gasteiger partial charge is 0.415 e. The number of anilines is 1. The van der Waals surface area contributed by atoms with Crippen molar-refractivity contribution in [3.63, 3.8) is 0 Å². The molecule has 1 aliphatic rings. The first-order valence-electron chi connectivity index (χ1n) is 8.68. The molecule has 1 aromatic rings. The second kappa shape index (κ2) is 6.69. The lowest BCUT2D eigenvalue weighted by atomic mass is 9.65. The van der Waals surface area contributed by atoms with E-state index in [0.717, 1.165) is 0 Å². The van der Waals surface area contributed by atoms with Gasteiger partial charge in [-0.2, -0.15) is 0 Å². The van der Waals surface area contributed by atoms with Crippen LogP contribution in [0.5, 0.6) is 0 Å². The Morgan fingerprint density at radius 3 is 2.26 bits per heavy atom. The predicted octanol–water partition coefficient (Wildman–Crippen LogP) is 4.93. The quantitative estimate of drug-likeness (QED) is 0.652. The minimum absolute atomic E-state index is 0.0392. The summed E-state index contributed by atoms with van der Waals surface area (Å²) in [5.41, 5.74) is -2.64. The molecule has 1 aliphatic heterocycles. The highest BCUT2D eigenvalue weighted by Crippen LogP contribution is 2.48. The van der Waals surface area contributed by atoms with Crippen LogP contribution in [0, 0.1) is 5.82 Å². The van der Waals surface area contributed by atoms with E-state index in [9.17, 15) is 18.8 Å². The Bertz CT molecular complexity index is 828.